The standard InChI is InChI=1S/C26H28FN5O2/c27-20-11-19(17-6-7-22-21(10-17)30-15-32(22)18-4-2-1-3-5-18)24-25(29-14-28-24)23(20)26(34)31-9-8-16(12-31)13-33/h6-7,10-11,14-16,18,33H,1-5,8-9,12-13H2,(H,28,29)/t16-/m0/s1. The van der Waals surface area contributed by atoms with Gasteiger partial charge in [-0.05, 0) is 43.0 Å². The Labute approximate surface area is 196 Å². The maximum atomic E-state index is 15.4. The molecular formula is C26H28FN5O2. The predicted octanol–water partition coefficient (Wildman–Crippen LogP) is 4.68. The Morgan fingerprint density at radius 1 is 1.15 bits per heavy atom. The molecule has 3 heterocycles. The Morgan fingerprint density at radius 2 is 2.00 bits per heavy atom. The molecule has 2 fully saturated rings. The number of amides is 1. The molecule has 176 valence electrons. The molecule has 1 atom stereocenters. The Hall–Kier alpha value is -3.26. The van der Waals surface area contributed by atoms with Gasteiger partial charge in [-0.15, -0.1) is 0 Å². The zero-order valence-corrected chi connectivity index (χ0v) is 19.0. The first-order chi connectivity index (χ1) is 16.6. The van der Waals surface area contributed by atoms with Crippen LogP contribution < -0.4 is 0 Å². The second-order valence-electron chi connectivity index (χ2n) is 9.64. The van der Waals surface area contributed by atoms with E-state index in [1.54, 1.807) is 4.90 Å². The second kappa shape index (κ2) is 8.51. The minimum Gasteiger partial charge on any atom is -0.396 e. The van der Waals surface area contributed by atoms with Gasteiger partial charge in [-0.25, -0.2) is 14.4 Å². The lowest BCUT2D eigenvalue weighted by molar-refractivity contribution is 0.0779. The van der Waals surface area contributed by atoms with E-state index in [1.165, 1.54) is 44.5 Å². The molecule has 1 saturated heterocycles. The van der Waals surface area contributed by atoms with Crippen molar-refractivity contribution in [3.05, 3.63) is 48.3 Å². The van der Waals surface area contributed by atoms with Gasteiger partial charge < -0.3 is 19.6 Å². The Balaban J connectivity index is 1.38. The summed E-state index contributed by atoms with van der Waals surface area (Å²) in [5, 5.41) is 9.41. The van der Waals surface area contributed by atoms with Crippen LogP contribution in [0.1, 0.15) is 54.9 Å². The molecule has 0 spiro atoms. The van der Waals surface area contributed by atoms with E-state index in [0.717, 1.165) is 23.0 Å². The van der Waals surface area contributed by atoms with Gasteiger partial charge in [0.25, 0.3) is 5.91 Å². The summed E-state index contributed by atoms with van der Waals surface area (Å²) in [5.74, 6) is -0.892. The minimum atomic E-state index is -0.572. The van der Waals surface area contributed by atoms with Crippen molar-refractivity contribution >= 4 is 28.0 Å². The molecule has 1 aliphatic carbocycles. The van der Waals surface area contributed by atoms with Crippen molar-refractivity contribution in [1.82, 2.24) is 24.4 Å². The number of rotatable bonds is 4. The summed E-state index contributed by atoms with van der Waals surface area (Å²) in [7, 11) is 0. The molecule has 0 unspecified atom stereocenters. The SMILES string of the molecule is O=C(c1c(F)cc(-c2ccc3c(c2)ncn3C2CCCCC2)c2nc[nH]c12)N1CC[C@H](CO)C1. The Bertz CT molecular complexity index is 1370. The molecule has 4 aromatic rings. The van der Waals surface area contributed by atoms with E-state index in [1.807, 2.05) is 18.5 Å². The third kappa shape index (κ3) is 3.48. The monoisotopic (exact) mass is 461 g/mol. The highest BCUT2D eigenvalue weighted by molar-refractivity contribution is 6.09. The molecular weight excluding hydrogens is 433 g/mol. The topological polar surface area (TPSA) is 87.0 Å². The smallest absolute Gasteiger partial charge is 0.259 e. The molecule has 1 amide bonds. The van der Waals surface area contributed by atoms with Crippen molar-refractivity contribution < 1.29 is 14.3 Å². The highest BCUT2D eigenvalue weighted by Crippen LogP contribution is 2.35. The molecule has 0 bridgehead atoms. The first-order valence-corrected chi connectivity index (χ1v) is 12.2. The first kappa shape index (κ1) is 21.3. The third-order valence-electron chi connectivity index (χ3n) is 7.55. The summed E-state index contributed by atoms with van der Waals surface area (Å²) in [6.45, 7) is 0.983. The number of aromatic amines is 1. The van der Waals surface area contributed by atoms with Crippen molar-refractivity contribution in [1.29, 1.82) is 0 Å². The molecule has 2 aliphatic rings. The van der Waals surface area contributed by atoms with Gasteiger partial charge in [0.05, 0.1) is 34.7 Å². The van der Waals surface area contributed by atoms with Crippen LogP contribution in [0.2, 0.25) is 0 Å². The Kier molecular flexibility index (Phi) is 5.32. The first-order valence-electron chi connectivity index (χ1n) is 12.2. The largest absolute Gasteiger partial charge is 0.396 e. The lowest BCUT2D eigenvalue weighted by atomic mass is 9.95. The van der Waals surface area contributed by atoms with Crippen LogP contribution in [0, 0.1) is 11.7 Å². The zero-order chi connectivity index (χ0) is 23.2. The highest BCUT2D eigenvalue weighted by Gasteiger charge is 2.30. The highest BCUT2D eigenvalue weighted by atomic mass is 19.1. The van der Waals surface area contributed by atoms with Crippen LogP contribution in [0.5, 0.6) is 0 Å². The summed E-state index contributed by atoms with van der Waals surface area (Å²) < 4.78 is 17.7. The number of aliphatic hydroxyl groups excluding tert-OH is 1. The van der Waals surface area contributed by atoms with Gasteiger partial charge >= 0.3 is 0 Å². The number of carbonyl (C=O) groups is 1. The number of hydrogen-bond acceptors (Lipinski definition) is 4. The number of fused-ring (bicyclic) bond motifs is 2. The van der Waals surface area contributed by atoms with Gasteiger partial charge in [-0.1, -0.05) is 25.3 Å². The van der Waals surface area contributed by atoms with Crippen LogP contribution in [-0.2, 0) is 0 Å². The van der Waals surface area contributed by atoms with Crippen molar-refractivity contribution in [3.8, 4) is 11.1 Å². The number of likely N-dealkylation sites (tertiary alicyclic amines) is 1. The van der Waals surface area contributed by atoms with Crippen LogP contribution >= 0.6 is 0 Å². The fourth-order valence-electron chi connectivity index (χ4n) is 5.68. The van der Waals surface area contributed by atoms with Crippen molar-refractivity contribution in [3.63, 3.8) is 0 Å². The van der Waals surface area contributed by atoms with E-state index in [2.05, 4.69) is 25.6 Å². The summed E-state index contributed by atoms with van der Waals surface area (Å²) in [6.07, 6.45) is 10.3. The predicted molar refractivity (Wildman–Crippen MR) is 128 cm³/mol. The quantitative estimate of drug-likeness (QED) is 0.462. The maximum absolute atomic E-state index is 15.4. The molecule has 0 radical (unpaired) electrons. The summed E-state index contributed by atoms with van der Waals surface area (Å²) in [4.78, 5) is 26.8. The number of nitrogens with zero attached hydrogens (tertiary/aromatic N) is 4. The van der Waals surface area contributed by atoms with Gasteiger partial charge in [0.2, 0.25) is 0 Å². The van der Waals surface area contributed by atoms with Crippen molar-refractivity contribution in [2.75, 3.05) is 19.7 Å². The molecule has 1 aliphatic heterocycles. The molecule has 34 heavy (non-hydrogen) atoms. The second-order valence-corrected chi connectivity index (χ2v) is 9.64. The molecule has 8 heteroatoms. The summed E-state index contributed by atoms with van der Waals surface area (Å²) in [6, 6.07) is 7.92. The number of aliphatic hydroxyl groups is 1. The number of benzene rings is 2. The molecule has 1 saturated carbocycles. The number of H-pyrrole nitrogens is 1. The number of hydrogen-bond donors (Lipinski definition) is 2. The lowest BCUT2D eigenvalue weighted by Gasteiger charge is -2.23. The van der Waals surface area contributed by atoms with Gasteiger partial charge in [-0.3, -0.25) is 4.79 Å². The average molecular weight is 462 g/mol. The van der Waals surface area contributed by atoms with Gasteiger partial charge in [0.15, 0.2) is 0 Å². The fraction of sp³-hybridized carbons (Fsp3) is 0.423. The number of imidazole rings is 2. The van der Waals surface area contributed by atoms with Crippen LogP contribution in [0.25, 0.3) is 33.2 Å². The van der Waals surface area contributed by atoms with E-state index in [-0.39, 0.29) is 24.0 Å². The van der Waals surface area contributed by atoms with Gasteiger partial charge in [0, 0.05) is 37.2 Å². The summed E-state index contributed by atoms with van der Waals surface area (Å²) in [5.41, 5.74) is 4.39. The molecule has 7 nitrogen and oxygen atoms in total. The van der Waals surface area contributed by atoms with E-state index in [9.17, 15) is 9.90 Å². The van der Waals surface area contributed by atoms with Crippen molar-refractivity contribution in [2.45, 2.75) is 44.6 Å². The molecule has 6 rings (SSSR count). The maximum Gasteiger partial charge on any atom is 0.259 e. The number of halogens is 1. The van der Waals surface area contributed by atoms with Gasteiger partial charge in [-0.2, -0.15) is 0 Å². The van der Waals surface area contributed by atoms with E-state index < -0.39 is 5.82 Å². The van der Waals surface area contributed by atoms with Crippen LogP contribution in [-0.4, -0.2) is 55.1 Å². The minimum absolute atomic E-state index is 0.0116. The van der Waals surface area contributed by atoms with Gasteiger partial charge in [0.1, 0.15) is 11.4 Å². The van der Waals surface area contributed by atoms with E-state index in [4.69, 9.17) is 0 Å². The molecule has 2 aromatic heterocycles. The number of carbonyl (C=O) groups excluding carboxylic acids is 1. The zero-order valence-electron chi connectivity index (χ0n) is 19.0. The molecule has 2 N–H and O–H groups in total. The van der Waals surface area contributed by atoms with Crippen molar-refractivity contribution in [2.24, 2.45) is 5.92 Å². The van der Waals surface area contributed by atoms with Crippen LogP contribution in [0.3, 0.4) is 0 Å². The van der Waals surface area contributed by atoms with E-state index in [0.29, 0.717) is 35.7 Å². The normalized spacial score (nSPS) is 19.5. The van der Waals surface area contributed by atoms with E-state index >= 15 is 4.39 Å². The van der Waals surface area contributed by atoms with Crippen LogP contribution in [0.15, 0.2) is 36.9 Å². The van der Waals surface area contributed by atoms with Crippen LogP contribution in [0.4, 0.5) is 4.39 Å². The Morgan fingerprint density at radius 3 is 2.79 bits per heavy atom. The number of nitrogens with one attached hydrogen (secondary N) is 1. The average Bonchev–Trinajstić information content (AvgIpc) is 3.62. The lowest BCUT2D eigenvalue weighted by Crippen LogP contribution is -2.30. The summed E-state index contributed by atoms with van der Waals surface area (Å²) >= 11 is 0. The fourth-order valence-corrected chi connectivity index (χ4v) is 5.68. The number of aromatic nitrogens is 4. The molecule has 2 aromatic carbocycles. The third-order valence-corrected chi connectivity index (χ3v) is 7.55.